The lowest BCUT2D eigenvalue weighted by Gasteiger charge is -2.37. The Hall–Kier alpha value is -3.35. The third-order valence-electron chi connectivity index (χ3n) is 5.34. The quantitative estimate of drug-likeness (QED) is 0.807. The van der Waals surface area contributed by atoms with E-state index in [9.17, 15) is 14.4 Å². The first-order valence-electron chi connectivity index (χ1n) is 9.71. The number of nitrogens with zero attached hydrogens (tertiary/aromatic N) is 2. The molecule has 7 heteroatoms. The summed E-state index contributed by atoms with van der Waals surface area (Å²) in [5.74, 6) is 0.254. The molecule has 0 spiro atoms. The first kappa shape index (κ1) is 19.0. The molecule has 2 aromatic rings. The Morgan fingerprint density at radius 3 is 2.41 bits per heavy atom. The van der Waals surface area contributed by atoms with E-state index in [1.165, 1.54) is 0 Å². The number of anilines is 2. The molecule has 150 valence electrons. The van der Waals surface area contributed by atoms with Crippen molar-refractivity contribution in [1.82, 2.24) is 4.90 Å². The van der Waals surface area contributed by atoms with Crippen LogP contribution in [0.25, 0.3) is 0 Å². The maximum atomic E-state index is 12.7. The number of hydrogen-bond donors (Lipinski definition) is 1. The number of Topliss-reactive ketones (excluding diaryl/α,β-unsaturated/α-hetero) is 1. The number of piperazine rings is 1. The zero-order valence-corrected chi connectivity index (χ0v) is 16.3. The Morgan fingerprint density at radius 2 is 1.72 bits per heavy atom. The molecular weight excluding hydrogens is 370 g/mol. The fourth-order valence-corrected chi connectivity index (χ4v) is 3.64. The molecule has 2 aliphatic rings. The molecule has 0 radical (unpaired) electrons. The number of fused-ring (bicyclic) bond motifs is 1. The number of amides is 2. The van der Waals surface area contributed by atoms with E-state index in [2.05, 4.69) is 10.2 Å². The first-order chi connectivity index (χ1) is 14.0. The van der Waals surface area contributed by atoms with Gasteiger partial charge >= 0.3 is 0 Å². The molecule has 1 N–H and O–H groups in total. The average Bonchev–Trinajstić information content (AvgIpc) is 2.74. The highest BCUT2D eigenvalue weighted by molar-refractivity contribution is 6.00. The summed E-state index contributed by atoms with van der Waals surface area (Å²) in [5, 5.41) is 2.79. The second-order valence-corrected chi connectivity index (χ2v) is 7.27. The Kier molecular flexibility index (Phi) is 5.20. The van der Waals surface area contributed by atoms with Gasteiger partial charge in [0.05, 0.1) is 12.1 Å². The van der Waals surface area contributed by atoms with Gasteiger partial charge in [-0.15, -0.1) is 0 Å². The van der Waals surface area contributed by atoms with Gasteiger partial charge in [-0.3, -0.25) is 14.4 Å². The summed E-state index contributed by atoms with van der Waals surface area (Å²) in [7, 11) is 0. The van der Waals surface area contributed by atoms with Crippen LogP contribution in [0.15, 0.2) is 48.5 Å². The molecular formula is C22H23N3O4. The number of rotatable bonds is 4. The molecule has 0 bridgehead atoms. The van der Waals surface area contributed by atoms with Crippen LogP contribution >= 0.6 is 0 Å². The lowest BCUT2D eigenvalue weighted by Crippen LogP contribution is -2.50. The monoisotopic (exact) mass is 393 g/mol. The standard InChI is InChI=1S/C22H23N3O4/c1-15(26)16-6-8-17(9-7-16)24-10-12-25(13-11-24)21(27)14-20-22(28)23-18-4-2-3-5-19(18)29-20/h2-9,20H,10-14H2,1H3,(H,23,28)/t20-/m0/s1. The predicted molar refractivity (Wildman–Crippen MR) is 109 cm³/mol. The largest absolute Gasteiger partial charge is 0.478 e. The van der Waals surface area contributed by atoms with Crippen molar-refractivity contribution in [3.63, 3.8) is 0 Å². The van der Waals surface area contributed by atoms with Gasteiger partial charge in [0, 0.05) is 37.4 Å². The number of nitrogens with one attached hydrogen (secondary N) is 1. The molecule has 1 fully saturated rings. The molecule has 0 aromatic heterocycles. The molecule has 29 heavy (non-hydrogen) atoms. The minimum absolute atomic E-state index is 0.0213. The molecule has 2 aromatic carbocycles. The minimum Gasteiger partial charge on any atom is -0.478 e. The second-order valence-electron chi connectivity index (χ2n) is 7.27. The van der Waals surface area contributed by atoms with Crippen molar-refractivity contribution in [2.45, 2.75) is 19.4 Å². The predicted octanol–water partition coefficient (Wildman–Crippen LogP) is 2.33. The number of ketones is 1. The maximum absolute atomic E-state index is 12.7. The highest BCUT2D eigenvalue weighted by atomic mass is 16.5. The summed E-state index contributed by atoms with van der Waals surface area (Å²) >= 11 is 0. The molecule has 4 rings (SSSR count). The molecule has 1 saturated heterocycles. The maximum Gasteiger partial charge on any atom is 0.266 e. The van der Waals surface area contributed by atoms with Gasteiger partial charge in [-0.05, 0) is 43.3 Å². The van der Waals surface area contributed by atoms with Gasteiger partial charge in [-0.1, -0.05) is 12.1 Å². The summed E-state index contributed by atoms with van der Waals surface area (Å²) in [6, 6.07) is 14.7. The SMILES string of the molecule is CC(=O)c1ccc(N2CCN(C(=O)C[C@@H]3Oc4ccccc4NC3=O)CC2)cc1. The summed E-state index contributed by atoms with van der Waals surface area (Å²) < 4.78 is 5.73. The topological polar surface area (TPSA) is 79.0 Å². The minimum atomic E-state index is -0.811. The highest BCUT2D eigenvalue weighted by Crippen LogP contribution is 2.30. The molecule has 1 atom stereocenters. The van der Waals surface area contributed by atoms with Crippen molar-refractivity contribution < 1.29 is 19.1 Å². The van der Waals surface area contributed by atoms with Gasteiger partial charge in [-0.2, -0.15) is 0 Å². The number of carbonyl (C=O) groups is 3. The molecule has 0 unspecified atom stereocenters. The Morgan fingerprint density at radius 1 is 1.03 bits per heavy atom. The van der Waals surface area contributed by atoms with E-state index in [4.69, 9.17) is 4.74 Å². The lowest BCUT2D eigenvalue weighted by molar-refractivity contribution is -0.137. The third-order valence-corrected chi connectivity index (χ3v) is 5.34. The Balaban J connectivity index is 1.32. The van der Waals surface area contributed by atoms with Crippen molar-refractivity contribution >= 4 is 29.0 Å². The summed E-state index contributed by atoms with van der Waals surface area (Å²) in [5.41, 5.74) is 2.36. The summed E-state index contributed by atoms with van der Waals surface area (Å²) in [6.45, 7) is 4.11. The smallest absolute Gasteiger partial charge is 0.266 e. The van der Waals surface area contributed by atoms with Crippen molar-refractivity contribution in [3.05, 3.63) is 54.1 Å². The summed E-state index contributed by atoms with van der Waals surface area (Å²) in [6.07, 6.45) is -0.789. The number of hydrogen-bond acceptors (Lipinski definition) is 5. The highest BCUT2D eigenvalue weighted by Gasteiger charge is 2.32. The average molecular weight is 393 g/mol. The molecule has 2 amide bonds. The molecule has 2 aliphatic heterocycles. The van der Waals surface area contributed by atoms with Crippen molar-refractivity contribution in [2.24, 2.45) is 0 Å². The van der Waals surface area contributed by atoms with E-state index in [1.54, 1.807) is 24.0 Å². The normalized spacial score (nSPS) is 18.5. The van der Waals surface area contributed by atoms with E-state index in [0.717, 1.165) is 5.69 Å². The van der Waals surface area contributed by atoms with Gasteiger partial charge in [0.25, 0.3) is 5.91 Å². The fourth-order valence-electron chi connectivity index (χ4n) is 3.64. The summed E-state index contributed by atoms with van der Waals surface area (Å²) in [4.78, 5) is 40.3. The van der Waals surface area contributed by atoms with Crippen LogP contribution in [-0.4, -0.2) is 54.8 Å². The number of para-hydroxylation sites is 2. The van der Waals surface area contributed by atoms with E-state index >= 15 is 0 Å². The number of benzene rings is 2. The Bertz CT molecular complexity index is 933. The van der Waals surface area contributed by atoms with Crippen molar-refractivity contribution in [3.8, 4) is 5.75 Å². The van der Waals surface area contributed by atoms with Crippen LogP contribution < -0.4 is 15.0 Å². The third kappa shape index (κ3) is 4.08. The van der Waals surface area contributed by atoms with Crippen LogP contribution in [-0.2, 0) is 9.59 Å². The van der Waals surface area contributed by atoms with Gasteiger partial charge in [0.2, 0.25) is 5.91 Å². The zero-order valence-electron chi connectivity index (χ0n) is 16.3. The molecule has 7 nitrogen and oxygen atoms in total. The van der Waals surface area contributed by atoms with E-state index in [1.807, 2.05) is 36.4 Å². The fraction of sp³-hybridized carbons (Fsp3) is 0.318. The first-order valence-corrected chi connectivity index (χ1v) is 9.71. The van der Waals surface area contributed by atoms with Gasteiger partial charge in [0.15, 0.2) is 11.9 Å². The van der Waals surface area contributed by atoms with Crippen LogP contribution in [0.4, 0.5) is 11.4 Å². The van der Waals surface area contributed by atoms with Crippen molar-refractivity contribution in [1.29, 1.82) is 0 Å². The van der Waals surface area contributed by atoms with Gasteiger partial charge in [-0.25, -0.2) is 0 Å². The second kappa shape index (κ2) is 7.95. The molecule has 0 saturated carbocycles. The zero-order chi connectivity index (χ0) is 20.4. The van der Waals surface area contributed by atoms with Crippen LogP contribution in [0.1, 0.15) is 23.7 Å². The Labute approximate surface area is 169 Å². The van der Waals surface area contributed by atoms with Crippen LogP contribution in [0, 0.1) is 0 Å². The molecule has 2 heterocycles. The lowest BCUT2D eigenvalue weighted by atomic mass is 10.1. The van der Waals surface area contributed by atoms with Crippen LogP contribution in [0.5, 0.6) is 5.75 Å². The van der Waals surface area contributed by atoms with Crippen LogP contribution in [0.3, 0.4) is 0 Å². The van der Waals surface area contributed by atoms with E-state index in [0.29, 0.717) is 43.2 Å². The molecule has 0 aliphatic carbocycles. The van der Waals surface area contributed by atoms with Gasteiger partial charge in [0.1, 0.15) is 5.75 Å². The van der Waals surface area contributed by atoms with Gasteiger partial charge < -0.3 is 19.9 Å². The number of ether oxygens (including phenoxy) is 1. The van der Waals surface area contributed by atoms with E-state index in [-0.39, 0.29) is 24.0 Å². The van der Waals surface area contributed by atoms with Crippen LogP contribution in [0.2, 0.25) is 0 Å². The number of carbonyl (C=O) groups excluding carboxylic acids is 3. The van der Waals surface area contributed by atoms with E-state index < -0.39 is 6.10 Å². The van der Waals surface area contributed by atoms with Crippen molar-refractivity contribution in [2.75, 3.05) is 36.4 Å².